The largest absolute Gasteiger partial charge is 0.347 e. The second-order valence-corrected chi connectivity index (χ2v) is 16.9. The summed E-state index contributed by atoms with van der Waals surface area (Å²) in [5, 5.41) is 11.7. The quantitative estimate of drug-likeness (QED) is 0.212. The van der Waals surface area contributed by atoms with E-state index >= 15 is 0 Å². The van der Waals surface area contributed by atoms with Crippen molar-refractivity contribution < 1.29 is 28.8 Å². The third kappa shape index (κ3) is 8.02. The molecule has 0 bridgehead atoms. The molecule has 5 fully saturated rings. The first kappa shape index (κ1) is 37.8. The molecule has 52 heavy (non-hydrogen) atoms. The van der Waals surface area contributed by atoms with Gasteiger partial charge in [0.25, 0.3) is 11.8 Å². The standard InChI is InChI=1S/C39H57N7O6/c1-5-12-26(31(47)36(51)42-24-15-16-24)43-35(50)30-28-25(38(28,2)3)22-46(30)37(52)32(39(4)17-10-7-11-18-39)45-34(49)29(23-13-8-6-9-14-23)44-33(48)27-21-40-19-20-41-27/h19-21,23-26,28-30,32H,5-18,22H2,1-4H3,(H,42,51)(H,43,50)(H,44,48)(H,45,49)/t25-,26?,28-,29-,30-,32+/m0/s1. The van der Waals surface area contributed by atoms with Gasteiger partial charge in [0.2, 0.25) is 23.5 Å². The highest BCUT2D eigenvalue weighted by Gasteiger charge is 2.70. The minimum atomic E-state index is -0.991. The summed E-state index contributed by atoms with van der Waals surface area (Å²) in [5.74, 6) is -3.14. The minimum Gasteiger partial charge on any atom is -0.347 e. The number of fused-ring (bicyclic) bond motifs is 1. The first-order valence-corrected chi connectivity index (χ1v) is 19.7. The van der Waals surface area contributed by atoms with Crippen LogP contribution < -0.4 is 21.3 Å². The molecule has 1 aliphatic heterocycles. The lowest BCUT2D eigenvalue weighted by Crippen LogP contribution is -2.63. The van der Waals surface area contributed by atoms with Crippen molar-refractivity contribution in [1.29, 1.82) is 0 Å². The summed E-state index contributed by atoms with van der Waals surface area (Å²) in [7, 11) is 0. The first-order valence-electron chi connectivity index (χ1n) is 19.7. The molecule has 2 heterocycles. The van der Waals surface area contributed by atoms with Crippen LogP contribution in [0.4, 0.5) is 0 Å². The van der Waals surface area contributed by atoms with Crippen LogP contribution in [-0.2, 0) is 24.0 Å². The van der Waals surface area contributed by atoms with Gasteiger partial charge in [0.1, 0.15) is 23.8 Å². The lowest BCUT2D eigenvalue weighted by Gasteiger charge is -2.44. The highest BCUT2D eigenvalue weighted by Crippen LogP contribution is 2.65. The molecule has 4 N–H and O–H groups in total. The van der Waals surface area contributed by atoms with Crippen molar-refractivity contribution in [3.05, 3.63) is 24.3 Å². The zero-order chi connectivity index (χ0) is 37.2. The topological polar surface area (TPSA) is 180 Å². The minimum absolute atomic E-state index is 0.0109. The Morgan fingerprint density at radius 2 is 1.58 bits per heavy atom. The van der Waals surface area contributed by atoms with Crippen LogP contribution >= 0.6 is 0 Å². The Kier molecular flexibility index (Phi) is 11.4. The number of likely N-dealkylation sites (tertiary alicyclic amines) is 1. The van der Waals surface area contributed by atoms with E-state index in [4.69, 9.17) is 0 Å². The van der Waals surface area contributed by atoms with Gasteiger partial charge in [-0.2, -0.15) is 0 Å². The van der Waals surface area contributed by atoms with Crippen LogP contribution in [0.15, 0.2) is 18.6 Å². The highest BCUT2D eigenvalue weighted by atomic mass is 16.2. The van der Waals surface area contributed by atoms with Crippen LogP contribution in [0.25, 0.3) is 0 Å². The van der Waals surface area contributed by atoms with Gasteiger partial charge in [-0.15, -0.1) is 0 Å². The van der Waals surface area contributed by atoms with E-state index in [1.54, 1.807) is 4.90 Å². The lowest BCUT2D eigenvalue weighted by molar-refractivity contribution is -0.148. The van der Waals surface area contributed by atoms with E-state index in [0.29, 0.717) is 19.4 Å². The smallest absolute Gasteiger partial charge is 0.289 e. The fourth-order valence-corrected chi connectivity index (χ4v) is 9.35. The molecule has 0 spiro atoms. The number of hydrogen-bond acceptors (Lipinski definition) is 8. The van der Waals surface area contributed by atoms with Gasteiger partial charge in [-0.05, 0) is 73.5 Å². The fourth-order valence-electron chi connectivity index (χ4n) is 9.35. The molecule has 0 radical (unpaired) electrons. The Balaban J connectivity index is 1.25. The molecule has 6 atom stereocenters. The zero-order valence-electron chi connectivity index (χ0n) is 31.2. The van der Waals surface area contributed by atoms with Crippen LogP contribution in [0.1, 0.15) is 128 Å². The van der Waals surface area contributed by atoms with E-state index in [1.807, 2.05) is 13.8 Å². The predicted octanol–water partition coefficient (Wildman–Crippen LogP) is 3.23. The van der Waals surface area contributed by atoms with Gasteiger partial charge in [-0.25, -0.2) is 4.98 Å². The van der Waals surface area contributed by atoms with Crippen molar-refractivity contribution in [2.75, 3.05) is 6.54 Å². The molecule has 4 saturated carbocycles. The Morgan fingerprint density at radius 1 is 0.885 bits per heavy atom. The highest BCUT2D eigenvalue weighted by molar-refractivity contribution is 6.38. The lowest BCUT2D eigenvalue weighted by atomic mass is 9.69. The molecule has 6 rings (SSSR count). The van der Waals surface area contributed by atoms with Crippen LogP contribution in [0.5, 0.6) is 0 Å². The third-order valence-electron chi connectivity index (χ3n) is 12.8. The number of ketones is 1. The van der Waals surface area contributed by atoms with E-state index in [1.165, 1.54) is 18.6 Å². The van der Waals surface area contributed by atoms with Gasteiger partial charge in [-0.1, -0.05) is 72.6 Å². The van der Waals surface area contributed by atoms with Crippen molar-refractivity contribution in [2.24, 2.45) is 28.6 Å². The number of nitrogens with one attached hydrogen (secondary N) is 4. The van der Waals surface area contributed by atoms with E-state index in [-0.39, 0.29) is 40.8 Å². The SMILES string of the molecule is CCCC(NC(=O)[C@@H]1[C@@H]2[C@H](CN1C(=O)[C@@H](NC(=O)[C@@H](NC(=O)c1cnccn1)C1CCCCC1)C1(C)CCCCC1)C2(C)C)C(=O)C(=O)NC1CC1. The van der Waals surface area contributed by atoms with E-state index in [9.17, 15) is 28.8 Å². The second-order valence-electron chi connectivity index (χ2n) is 16.9. The Bertz CT molecular complexity index is 1520. The van der Waals surface area contributed by atoms with Crippen molar-refractivity contribution in [3.63, 3.8) is 0 Å². The van der Waals surface area contributed by atoms with Gasteiger partial charge in [-0.3, -0.25) is 33.8 Å². The molecule has 284 valence electrons. The average Bonchev–Trinajstić information content (AvgIpc) is 4.00. The molecule has 5 aliphatic rings. The molecular weight excluding hydrogens is 662 g/mol. The number of amides is 5. The van der Waals surface area contributed by atoms with Gasteiger partial charge in [0, 0.05) is 25.0 Å². The molecule has 4 aliphatic carbocycles. The van der Waals surface area contributed by atoms with Crippen LogP contribution in [0.2, 0.25) is 0 Å². The summed E-state index contributed by atoms with van der Waals surface area (Å²) in [6.45, 7) is 8.50. The van der Waals surface area contributed by atoms with Crippen molar-refractivity contribution in [1.82, 2.24) is 36.1 Å². The second kappa shape index (κ2) is 15.6. The van der Waals surface area contributed by atoms with Crippen molar-refractivity contribution in [2.45, 2.75) is 148 Å². The van der Waals surface area contributed by atoms with Gasteiger partial charge in [0.05, 0.1) is 12.2 Å². The maximum Gasteiger partial charge on any atom is 0.289 e. The number of piperidine rings is 1. The van der Waals surface area contributed by atoms with E-state index in [0.717, 1.165) is 77.0 Å². The monoisotopic (exact) mass is 719 g/mol. The van der Waals surface area contributed by atoms with Gasteiger partial charge >= 0.3 is 0 Å². The molecule has 1 aromatic heterocycles. The molecular formula is C39H57N7O6. The van der Waals surface area contributed by atoms with Crippen LogP contribution in [0.3, 0.4) is 0 Å². The summed E-state index contributed by atoms with van der Waals surface area (Å²) in [4.78, 5) is 92.8. The molecule has 5 amide bonds. The summed E-state index contributed by atoms with van der Waals surface area (Å²) in [6, 6.07) is -3.62. The Labute approximate surface area is 307 Å². The number of aromatic nitrogens is 2. The summed E-state index contributed by atoms with van der Waals surface area (Å²) in [5.41, 5.74) is -0.640. The number of carbonyl (C=O) groups is 6. The number of nitrogens with zero attached hydrogens (tertiary/aromatic N) is 3. The maximum absolute atomic E-state index is 15.0. The number of hydrogen-bond donors (Lipinski definition) is 4. The summed E-state index contributed by atoms with van der Waals surface area (Å²) >= 11 is 0. The molecule has 1 unspecified atom stereocenters. The molecule has 0 aromatic carbocycles. The van der Waals surface area contributed by atoms with Crippen molar-refractivity contribution in [3.8, 4) is 0 Å². The third-order valence-corrected chi connectivity index (χ3v) is 12.8. The Morgan fingerprint density at radius 3 is 2.21 bits per heavy atom. The van der Waals surface area contributed by atoms with Crippen LogP contribution in [0, 0.1) is 28.6 Å². The van der Waals surface area contributed by atoms with Gasteiger partial charge < -0.3 is 26.2 Å². The first-order chi connectivity index (χ1) is 24.9. The number of rotatable bonds is 14. The van der Waals surface area contributed by atoms with E-state index in [2.05, 4.69) is 45.1 Å². The fraction of sp³-hybridized carbons (Fsp3) is 0.744. The summed E-state index contributed by atoms with van der Waals surface area (Å²) < 4.78 is 0. The number of Topliss-reactive ketones (excluding diaryl/α,β-unsaturated/α-hetero) is 1. The van der Waals surface area contributed by atoms with Crippen molar-refractivity contribution >= 4 is 35.3 Å². The molecule has 13 heteroatoms. The number of carbonyl (C=O) groups excluding carboxylic acids is 6. The molecule has 13 nitrogen and oxygen atoms in total. The maximum atomic E-state index is 15.0. The van der Waals surface area contributed by atoms with E-state index < -0.39 is 59.0 Å². The molecule has 1 saturated heterocycles. The molecule has 1 aromatic rings. The van der Waals surface area contributed by atoms with Crippen LogP contribution in [-0.4, -0.2) is 86.9 Å². The summed E-state index contributed by atoms with van der Waals surface area (Å²) in [6.07, 6.45) is 15.7. The average molecular weight is 720 g/mol. The Hall–Kier alpha value is -3.90. The zero-order valence-corrected chi connectivity index (χ0v) is 31.2. The normalized spacial score (nSPS) is 26.5. The predicted molar refractivity (Wildman–Crippen MR) is 192 cm³/mol. The van der Waals surface area contributed by atoms with Gasteiger partial charge in [0.15, 0.2) is 0 Å².